The number of nitrogens with two attached hydrogens (primary N) is 1. The fourth-order valence-electron chi connectivity index (χ4n) is 4.31. The Kier molecular flexibility index (Phi) is 5.23. The van der Waals surface area contributed by atoms with Gasteiger partial charge < -0.3 is 20.4 Å². The summed E-state index contributed by atoms with van der Waals surface area (Å²) in [4.78, 5) is 23.8. The molecule has 4 rings (SSSR count). The number of halogens is 5. The van der Waals surface area contributed by atoms with Gasteiger partial charge in [-0.25, -0.2) is 18.7 Å². The summed E-state index contributed by atoms with van der Waals surface area (Å²) < 4.78 is 67.3. The van der Waals surface area contributed by atoms with Crippen molar-refractivity contribution >= 4 is 17.5 Å². The van der Waals surface area contributed by atoms with Gasteiger partial charge in [0.25, 0.3) is 5.92 Å². The van der Waals surface area contributed by atoms with E-state index in [1.165, 1.54) is 6.07 Å². The van der Waals surface area contributed by atoms with E-state index in [0.29, 0.717) is 13.0 Å². The van der Waals surface area contributed by atoms with Gasteiger partial charge in [0, 0.05) is 51.1 Å². The molecule has 0 aromatic carbocycles. The van der Waals surface area contributed by atoms with Crippen LogP contribution in [0.5, 0.6) is 0 Å². The molecule has 0 radical (unpaired) electrons. The normalized spacial score (nSPS) is 27.3. The van der Waals surface area contributed by atoms with Crippen molar-refractivity contribution in [3.8, 4) is 0 Å². The summed E-state index contributed by atoms with van der Waals surface area (Å²) in [6.45, 7) is 0.224. The van der Waals surface area contributed by atoms with E-state index in [4.69, 9.17) is 5.73 Å². The maximum atomic E-state index is 13.6. The molecule has 0 aliphatic carbocycles. The molecule has 1 amide bonds. The first kappa shape index (κ1) is 21.0. The van der Waals surface area contributed by atoms with Crippen molar-refractivity contribution in [1.82, 2.24) is 14.9 Å². The van der Waals surface area contributed by atoms with Gasteiger partial charge in [0.05, 0.1) is 12.6 Å². The monoisotopic (exact) mass is 434 g/mol. The molecule has 7 nitrogen and oxygen atoms in total. The van der Waals surface area contributed by atoms with E-state index in [0.717, 1.165) is 17.7 Å². The number of piperidine rings is 1. The van der Waals surface area contributed by atoms with Gasteiger partial charge in [-0.15, -0.1) is 0 Å². The van der Waals surface area contributed by atoms with Gasteiger partial charge in [-0.2, -0.15) is 13.2 Å². The standard InChI is InChI=1S/C18H23F5N6O/c19-17(20)4-6-27(10-17)13-7-14(26-16(25-13)18(21,22)23)28-8-11(24)12(9-28)29-5-2-1-3-15(29)30/h7,11-12H,1-6,8-10,24H2/t11-,12-/m0/s1. The molecule has 2 N–H and O–H groups in total. The average Bonchev–Trinajstić information content (AvgIpc) is 3.23. The van der Waals surface area contributed by atoms with Gasteiger partial charge in [0.1, 0.15) is 11.6 Å². The van der Waals surface area contributed by atoms with Crippen LogP contribution in [0.15, 0.2) is 6.07 Å². The van der Waals surface area contributed by atoms with E-state index in [9.17, 15) is 26.7 Å². The van der Waals surface area contributed by atoms with E-state index in [-0.39, 0.29) is 43.2 Å². The second-order valence-corrected chi connectivity index (χ2v) is 8.11. The molecule has 0 bridgehead atoms. The Morgan fingerprint density at radius 2 is 1.77 bits per heavy atom. The molecule has 1 aromatic heterocycles. The molecule has 0 unspecified atom stereocenters. The third-order valence-electron chi connectivity index (χ3n) is 5.86. The maximum absolute atomic E-state index is 13.6. The number of carbonyl (C=O) groups is 1. The van der Waals surface area contributed by atoms with Gasteiger partial charge in [-0.1, -0.05) is 0 Å². The lowest BCUT2D eigenvalue weighted by molar-refractivity contribution is -0.144. The van der Waals surface area contributed by atoms with E-state index in [2.05, 4.69) is 9.97 Å². The highest BCUT2D eigenvalue weighted by Crippen LogP contribution is 2.35. The van der Waals surface area contributed by atoms with Crippen molar-refractivity contribution in [3.63, 3.8) is 0 Å². The number of aromatic nitrogens is 2. The topological polar surface area (TPSA) is 78.6 Å². The summed E-state index contributed by atoms with van der Waals surface area (Å²) in [6, 6.07) is 0.515. The molecular weight excluding hydrogens is 411 g/mol. The molecule has 3 fully saturated rings. The minimum absolute atomic E-state index is 0.0118. The Balaban J connectivity index is 1.61. The van der Waals surface area contributed by atoms with Crippen LogP contribution in [0.3, 0.4) is 0 Å². The quantitative estimate of drug-likeness (QED) is 0.732. The van der Waals surface area contributed by atoms with Crippen LogP contribution in [0.25, 0.3) is 0 Å². The number of anilines is 2. The van der Waals surface area contributed by atoms with Crippen molar-refractivity contribution in [1.29, 1.82) is 0 Å². The summed E-state index contributed by atoms with van der Waals surface area (Å²) in [5.74, 6) is -4.57. The summed E-state index contributed by atoms with van der Waals surface area (Å²) >= 11 is 0. The van der Waals surface area contributed by atoms with Crippen molar-refractivity contribution < 1.29 is 26.7 Å². The lowest BCUT2D eigenvalue weighted by Gasteiger charge is -2.34. The number of carbonyl (C=O) groups excluding carboxylic acids is 1. The molecule has 3 saturated heterocycles. The highest BCUT2D eigenvalue weighted by Gasteiger charge is 2.43. The number of likely N-dealkylation sites (tertiary alicyclic amines) is 1. The molecule has 2 atom stereocenters. The Morgan fingerprint density at radius 1 is 1.07 bits per heavy atom. The van der Waals surface area contributed by atoms with Crippen molar-refractivity contribution in [2.75, 3.05) is 42.5 Å². The number of alkyl halides is 5. The van der Waals surface area contributed by atoms with Crippen LogP contribution < -0.4 is 15.5 Å². The number of nitrogens with zero attached hydrogens (tertiary/aromatic N) is 5. The Hall–Kier alpha value is -2.24. The van der Waals surface area contributed by atoms with Gasteiger partial charge in [0.15, 0.2) is 0 Å². The second-order valence-electron chi connectivity index (χ2n) is 8.11. The van der Waals surface area contributed by atoms with Crippen molar-refractivity contribution in [3.05, 3.63) is 11.9 Å². The Labute approximate surface area is 170 Å². The lowest BCUT2D eigenvalue weighted by atomic mass is 10.1. The number of hydrogen-bond donors (Lipinski definition) is 1. The molecule has 12 heteroatoms. The van der Waals surface area contributed by atoms with Crippen LogP contribution >= 0.6 is 0 Å². The summed E-state index contributed by atoms with van der Waals surface area (Å²) in [5.41, 5.74) is 6.21. The van der Waals surface area contributed by atoms with Gasteiger partial charge >= 0.3 is 6.18 Å². The summed E-state index contributed by atoms with van der Waals surface area (Å²) in [7, 11) is 0. The second kappa shape index (κ2) is 7.47. The summed E-state index contributed by atoms with van der Waals surface area (Å²) in [5, 5.41) is 0. The smallest absolute Gasteiger partial charge is 0.353 e. The average molecular weight is 434 g/mol. The molecule has 3 aliphatic heterocycles. The molecular formula is C18H23F5N6O. The zero-order valence-corrected chi connectivity index (χ0v) is 16.2. The van der Waals surface area contributed by atoms with E-state index >= 15 is 0 Å². The van der Waals surface area contributed by atoms with Crippen LogP contribution in [-0.4, -0.2) is 71.5 Å². The van der Waals surface area contributed by atoms with E-state index < -0.39 is 36.9 Å². The predicted octanol–water partition coefficient (Wildman–Crippen LogP) is 1.87. The van der Waals surface area contributed by atoms with E-state index in [1.807, 2.05) is 0 Å². The SMILES string of the molecule is N[C@H]1CN(c2cc(N3CCC(F)(F)C3)nc(C(F)(F)F)n2)C[C@@H]1N1CCCCC1=O. The fraction of sp³-hybridized carbons (Fsp3) is 0.722. The van der Waals surface area contributed by atoms with Gasteiger partial charge in [0.2, 0.25) is 11.7 Å². The van der Waals surface area contributed by atoms with Gasteiger partial charge in [-0.3, -0.25) is 4.79 Å². The predicted molar refractivity (Wildman–Crippen MR) is 98.4 cm³/mol. The largest absolute Gasteiger partial charge is 0.451 e. The van der Waals surface area contributed by atoms with Crippen molar-refractivity contribution in [2.45, 2.75) is 49.9 Å². The zero-order chi connectivity index (χ0) is 21.7. The molecule has 166 valence electrons. The first-order valence-electron chi connectivity index (χ1n) is 9.92. The minimum atomic E-state index is -4.82. The fourth-order valence-corrected chi connectivity index (χ4v) is 4.31. The van der Waals surface area contributed by atoms with Gasteiger partial charge in [-0.05, 0) is 12.8 Å². The summed E-state index contributed by atoms with van der Waals surface area (Å²) in [6.07, 6.45) is -3.17. The van der Waals surface area contributed by atoms with E-state index in [1.54, 1.807) is 9.80 Å². The van der Waals surface area contributed by atoms with Crippen LogP contribution in [-0.2, 0) is 11.0 Å². The number of hydrogen-bond acceptors (Lipinski definition) is 6. The Bertz CT molecular complexity index is 819. The molecule has 4 heterocycles. The lowest BCUT2D eigenvalue weighted by Crippen LogP contribution is -2.51. The third-order valence-corrected chi connectivity index (χ3v) is 5.86. The van der Waals surface area contributed by atoms with Crippen molar-refractivity contribution in [2.24, 2.45) is 5.73 Å². The first-order chi connectivity index (χ1) is 14.0. The molecule has 1 aromatic rings. The molecule has 3 aliphatic rings. The third kappa shape index (κ3) is 4.14. The molecule has 30 heavy (non-hydrogen) atoms. The first-order valence-corrected chi connectivity index (χ1v) is 9.92. The molecule has 0 spiro atoms. The van der Waals surface area contributed by atoms with Crippen LogP contribution in [0, 0.1) is 0 Å². The maximum Gasteiger partial charge on any atom is 0.451 e. The highest BCUT2D eigenvalue weighted by molar-refractivity contribution is 5.77. The number of rotatable bonds is 3. The van der Waals surface area contributed by atoms with Crippen LogP contribution in [0.4, 0.5) is 33.6 Å². The Morgan fingerprint density at radius 3 is 2.37 bits per heavy atom. The number of amides is 1. The van der Waals surface area contributed by atoms with Crippen LogP contribution in [0.2, 0.25) is 0 Å². The zero-order valence-electron chi connectivity index (χ0n) is 16.2. The minimum Gasteiger partial charge on any atom is -0.353 e. The van der Waals surface area contributed by atoms with Crippen LogP contribution in [0.1, 0.15) is 31.5 Å². The molecule has 0 saturated carbocycles. The highest BCUT2D eigenvalue weighted by atomic mass is 19.4.